The molecular formula is C31H49F3N2. The van der Waals surface area contributed by atoms with Crippen LogP contribution in [0.3, 0.4) is 0 Å². The topological polar surface area (TPSA) is 24.1 Å². The summed E-state index contributed by atoms with van der Waals surface area (Å²) in [5, 5.41) is 6.81. The molecule has 0 heterocycles. The van der Waals surface area contributed by atoms with Crippen LogP contribution in [-0.4, -0.2) is 25.8 Å². The number of rotatable bonds is 21. The number of hydrogen-bond donors (Lipinski definition) is 2. The Kier molecular flexibility index (Phi) is 20.6. The van der Waals surface area contributed by atoms with E-state index in [0.29, 0.717) is 19.3 Å². The van der Waals surface area contributed by atoms with E-state index in [9.17, 15) is 13.2 Å². The monoisotopic (exact) mass is 506 g/mol. The van der Waals surface area contributed by atoms with Gasteiger partial charge in [0.05, 0.1) is 5.57 Å². The van der Waals surface area contributed by atoms with Crippen LogP contribution in [0.2, 0.25) is 0 Å². The molecule has 0 rings (SSSR count). The van der Waals surface area contributed by atoms with E-state index in [1.165, 1.54) is 11.6 Å². The summed E-state index contributed by atoms with van der Waals surface area (Å²) >= 11 is 0. The second-order valence-electron chi connectivity index (χ2n) is 8.95. The normalized spacial score (nSPS) is 13.4. The molecule has 0 aromatic rings. The quantitative estimate of drug-likeness (QED) is 0.0921. The first-order chi connectivity index (χ1) is 17.2. The maximum Gasteiger partial charge on any atom is 0.416 e. The molecule has 0 spiro atoms. The SMILES string of the molecule is C=C(/C=C\C/C(=C\C)CCCNCC/C=C\CCC(=C)NCCC)C/C=C\C(=C\CCC)C(F)(F)F. The lowest BCUT2D eigenvalue weighted by Gasteiger charge is -2.07. The van der Waals surface area contributed by atoms with Crippen LogP contribution in [0.15, 0.2) is 84.2 Å². The van der Waals surface area contributed by atoms with Gasteiger partial charge in [0.25, 0.3) is 0 Å². The molecule has 0 radical (unpaired) electrons. The molecular weight excluding hydrogens is 457 g/mol. The molecule has 204 valence electrons. The first kappa shape index (κ1) is 33.7. The van der Waals surface area contributed by atoms with E-state index in [1.807, 2.05) is 26.0 Å². The Balaban J connectivity index is 4.07. The van der Waals surface area contributed by atoms with Crippen molar-refractivity contribution in [3.05, 3.63) is 84.2 Å². The van der Waals surface area contributed by atoms with Gasteiger partial charge in [0.2, 0.25) is 0 Å². The van der Waals surface area contributed by atoms with Crippen molar-refractivity contribution >= 4 is 0 Å². The van der Waals surface area contributed by atoms with Crippen molar-refractivity contribution < 1.29 is 13.2 Å². The Morgan fingerprint density at radius 3 is 2.19 bits per heavy atom. The highest BCUT2D eigenvalue weighted by Crippen LogP contribution is 2.27. The number of nitrogens with one attached hydrogen (secondary N) is 2. The lowest BCUT2D eigenvalue weighted by molar-refractivity contribution is -0.0884. The number of halogens is 3. The van der Waals surface area contributed by atoms with Gasteiger partial charge in [-0.2, -0.15) is 13.2 Å². The zero-order valence-corrected chi connectivity index (χ0v) is 22.9. The fraction of sp³-hybridized carbons (Fsp3) is 0.548. The molecule has 2 N–H and O–H groups in total. The summed E-state index contributed by atoms with van der Waals surface area (Å²) in [6.45, 7) is 17.0. The predicted molar refractivity (Wildman–Crippen MR) is 152 cm³/mol. The van der Waals surface area contributed by atoms with E-state index >= 15 is 0 Å². The Morgan fingerprint density at radius 2 is 1.53 bits per heavy atom. The molecule has 0 aromatic carbocycles. The van der Waals surface area contributed by atoms with Crippen molar-refractivity contribution in [3.8, 4) is 0 Å². The van der Waals surface area contributed by atoms with Crippen molar-refractivity contribution in [3.63, 3.8) is 0 Å². The largest absolute Gasteiger partial charge is 0.416 e. The van der Waals surface area contributed by atoms with E-state index in [0.717, 1.165) is 81.9 Å². The summed E-state index contributed by atoms with van der Waals surface area (Å²) in [4.78, 5) is 0. The first-order valence-electron chi connectivity index (χ1n) is 13.4. The average molecular weight is 507 g/mol. The van der Waals surface area contributed by atoms with Crippen molar-refractivity contribution in [1.82, 2.24) is 10.6 Å². The van der Waals surface area contributed by atoms with Crippen molar-refractivity contribution in [2.75, 3.05) is 19.6 Å². The van der Waals surface area contributed by atoms with E-state index in [-0.39, 0.29) is 0 Å². The zero-order valence-electron chi connectivity index (χ0n) is 22.9. The maximum absolute atomic E-state index is 13.0. The fourth-order valence-electron chi connectivity index (χ4n) is 3.36. The second-order valence-corrected chi connectivity index (χ2v) is 8.95. The highest BCUT2D eigenvalue weighted by atomic mass is 19.4. The Labute approximate surface area is 218 Å². The lowest BCUT2D eigenvalue weighted by Crippen LogP contribution is -2.16. The summed E-state index contributed by atoms with van der Waals surface area (Å²) in [5.74, 6) is 0. The molecule has 0 saturated carbocycles. The predicted octanol–water partition coefficient (Wildman–Crippen LogP) is 9.28. The Morgan fingerprint density at radius 1 is 0.806 bits per heavy atom. The third-order valence-corrected chi connectivity index (χ3v) is 5.54. The zero-order chi connectivity index (χ0) is 27.1. The van der Waals surface area contributed by atoms with E-state index in [1.54, 1.807) is 6.08 Å². The Bertz CT molecular complexity index is 752. The van der Waals surface area contributed by atoms with Crippen LogP contribution in [-0.2, 0) is 0 Å². The molecule has 0 fully saturated rings. The molecule has 0 unspecified atom stereocenters. The highest BCUT2D eigenvalue weighted by molar-refractivity contribution is 5.27. The van der Waals surface area contributed by atoms with Crippen LogP contribution < -0.4 is 10.6 Å². The molecule has 0 atom stereocenters. The minimum atomic E-state index is -4.31. The summed E-state index contributed by atoms with van der Waals surface area (Å²) in [5.41, 5.74) is 2.69. The minimum Gasteiger partial charge on any atom is -0.389 e. The van der Waals surface area contributed by atoms with E-state index in [4.69, 9.17) is 0 Å². The van der Waals surface area contributed by atoms with E-state index < -0.39 is 11.7 Å². The number of unbranched alkanes of at least 4 members (excludes halogenated alkanes) is 1. The molecule has 36 heavy (non-hydrogen) atoms. The van der Waals surface area contributed by atoms with Crippen molar-refractivity contribution in [2.24, 2.45) is 0 Å². The summed E-state index contributed by atoms with van der Waals surface area (Å²) in [7, 11) is 0. The van der Waals surface area contributed by atoms with Crippen LogP contribution in [0.1, 0.15) is 85.0 Å². The van der Waals surface area contributed by atoms with Gasteiger partial charge in [-0.1, -0.05) is 93.2 Å². The smallest absolute Gasteiger partial charge is 0.389 e. The number of allylic oxidation sites excluding steroid dienone is 11. The van der Waals surface area contributed by atoms with Gasteiger partial charge in [0.15, 0.2) is 0 Å². The van der Waals surface area contributed by atoms with Crippen molar-refractivity contribution in [2.45, 2.75) is 91.2 Å². The van der Waals surface area contributed by atoms with Crippen LogP contribution >= 0.6 is 0 Å². The molecule has 0 bridgehead atoms. The van der Waals surface area contributed by atoms with Gasteiger partial charge in [0.1, 0.15) is 0 Å². The van der Waals surface area contributed by atoms with Gasteiger partial charge in [0, 0.05) is 12.2 Å². The maximum atomic E-state index is 13.0. The van der Waals surface area contributed by atoms with Gasteiger partial charge in [-0.15, -0.1) is 0 Å². The summed E-state index contributed by atoms with van der Waals surface area (Å²) < 4.78 is 39.0. The third-order valence-electron chi connectivity index (χ3n) is 5.54. The molecule has 5 heteroatoms. The average Bonchev–Trinajstić information content (AvgIpc) is 2.83. The number of hydrogen-bond acceptors (Lipinski definition) is 2. The van der Waals surface area contributed by atoms with Gasteiger partial charge in [-0.3, -0.25) is 0 Å². The molecule has 0 aliphatic rings. The van der Waals surface area contributed by atoms with Gasteiger partial charge in [-0.05, 0) is 77.8 Å². The summed E-state index contributed by atoms with van der Waals surface area (Å²) in [6, 6.07) is 0. The highest BCUT2D eigenvalue weighted by Gasteiger charge is 2.31. The van der Waals surface area contributed by atoms with Crippen LogP contribution in [0.5, 0.6) is 0 Å². The Hall–Kier alpha value is -2.27. The second kappa shape index (κ2) is 22.0. The van der Waals surface area contributed by atoms with Crippen LogP contribution in [0, 0.1) is 0 Å². The van der Waals surface area contributed by atoms with E-state index in [2.05, 4.69) is 48.9 Å². The van der Waals surface area contributed by atoms with Gasteiger partial charge >= 0.3 is 6.18 Å². The molecule has 0 aliphatic heterocycles. The molecule has 0 saturated heterocycles. The molecule has 2 nitrogen and oxygen atoms in total. The summed E-state index contributed by atoms with van der Waals surface area (Å²) in [6.07, 6.45) is 18.9. The number of alkyl halides is 3. The first-order valence-corrected chi connectivity index (χ1v) is 13.4. The van der Waals surface area contributed by atoms with Crippen molar-refractivity contribution in [1.29, 1.82) is 0 Å². The fourth-order valence-corrected chi connectivity index (χ4v) is 3.36. The van der Waals surface area contributed by atoms with Crippen LogP contribution in [0.4, 0.5) is 13.2 Å². The molecule has 0 aliphatic carbocycles. The van der Waals surface area contributed by atoms with Gasteiger partial charge in [-0.25, -0.2) is 0 Å². The molecule has 0 aromatic heterocycles. The minimum absolute atomic E-state index is 0.407. The molecule has 0 amide bonds. The lowest BCUT2D eigenvalue weighted by atomic mass is 10.0. The van der Waals surface area contributed by atoms with Crippen LogP contribution in [0.25, 0.3) is 0 Å². The third kappa shape index (κ3) is 20.0. The van der Waals surface area contributed by atoms with Gasteiger partial charge < -0.3 is 10.6 Å². The standard InChI is InChI=1S/C31H49F3N2/c1-6-9-22-30(31(32,33)34)23-15-18-27(4)17-14-20-29(8-3)21-16-26-35-25-13-11-10-12-19-28(5)36-24-7-2/h8,10-11,14-15,17,22-23,35-36H,4-7,9,12-13,16,18-21,24-26H2,1-3H3/b11-10-,17-14-,23-15-,29-8+,30-22-.